The monoisotopic (exact) mass is 275 g/mol. The predicted molar refractivity (Wildman–Crippen MR) is 61.3 cm³/mol. The van der Waals surface area contributed by atoms with Gasteiger partial charge in [0.1, 0.15) is 6.54 Å². The third-order valence-electron chi connectivity index (χ3n) is 2.13. The number of rotatable bonds is 4. The van der Waals surface area contributed by atoms with E-state index in [9.17, 15) is 22.8 Å². The van der Waals surface area contributed by atoms with Crippen LogP contribution in [-0.4, -0.2) is 24.7 Å². The van der Waals surface area contributed by atoms with Gasteiger partial charge in [0.25, 0.3) is 5.91 Å². The molecule has 0 radical (unpaired) electrons. The molecule has 1 aromatic carbocycles. The first kappa shape index (κ1) is 14.8. The summed E-state index contributed by atoms with van der Waals surface area (Å²) in [4.78, 5) is 21.8. The molecule has 0 aliphatic carbocycles. The summed E-state index contributed by atoms with van der Waals surface area (Å²) < 4.78 is 35.7. The van der Waals surface area contributed by atoms with Crippen LogP contribution in [0.4, 0.5) is 18.0 Å². The van der Waals surface area contributed by atoms with Gasteiger partial charge in [-0.25, -0.2) is 4.79 Å². The fourth-order valence-electron chi connectivity index (χ4n) is 1.25. The van der Waals surface area contributed by atoms with E-state index in [0.29, 0.717) is 5.56 Å². The van der Waals surface area contributed by atoms with E-state index in [0.717, 1.165) is 0 Å². The molecule has 0 fully saturated rings. The van der Waals surface area contributed by atoms with Crippen molar-refractivity contribution in [2.24, 2.45) is 5.73 Å². The summed E-state index contributed by atoms with van der Waals surface area (Å²) in [5, 5.41) is 4.10. The average Bonchev–Trinajstić information content (AvgIpc) is 2.33. The molecule has 1 aromatic rings. The maximum absolute atomic E-state index is 11.9. The van der Waals surface area contributed by atoms with Crippen LogP contribution in [0, 0.1) is 0 Å². The van der Waals surface area contributed by atoms with Crippen LogP contribution >= 0.6 is 0 Å². The van der Waals surface area contributed by atoms with Crippen LogP contribution in [0.5, 0.6) is 0 Å². The third kappa shape index (κ3) is 5.75. The first-order chi connectivity index (χ1) is 8.78. The van der Waals surface area contributed by atoms with Gasteiger partial charge in [0.05, 0.1) is 0 Å². The van der Waals surface area contributed by atoms with Gasteiger partial charge < -0.3 is 16.4 Å². The highest BCUT2D eigenvalue weighted by molar-refractivity contribution is 5.94. The van der Waals surface area contributed by atoms with E-state index in [1.807, 2.05) is 0 Å². The molecule has 8 heteroatoms. The Hall–Kier alpha value is -2.25. The second kappa shape index (κ2) is 6.07. The van der Waals surface area contributed by atoms with E-state index in [-0.39, 0.29) is 12.1 Å². The summed E-state index contributed by atoms with van der Waals surface area (Å²) in [6.45, 7) is -1.20. The van der Waals surface area contributed by atoms with E-state index in [2.05, 4.69) is 5.32 Å². The lowest BCUT2D eigenvalue weighted by Gasteiger charge is -2.08. The van der Waals surface area contributed by atoms with Gasteiger partial charge in [-0.15, -0.1) is 0 Å². The molecule has 0 saturated carbocycles. The van der Waals surface area contributed by atoms with Crippen LogP contribution in [0.3, 0.4) is 0 Å². The summed E-state index contributed by atoms with van der Waals surface area (Å²) in [5.74, 6) is -0.813. The molecule has 104 valence electrons. The van der Waals surface area contributed by atoms with E-state index in [1.165, 1.54) is 24.3 Å². The summed E-state index contributed by atoms with van der Waals surface area (Å²) in [6, 6.07) is 5.07. The maximum Gasteiger partial charge on any atom is 0.405 e. The SMILES string of the molecule is NC(=O)NCc1ccc(C(=O)NCC(F)(F)F)cc1. The Morgan fingerprint density at radius 3 is 2.16 bits per heavy atom. The minimum atomic E-state index is -4.44. The molecule has 0 aliphatic heterocycles. The number of nitrogens with two attached hydrogens (primary N) is 1. The lowest BCUT2D eigenvalue weighted by Crippen LogP contribution is -2.33. The van der Waals surface area contributed by atoms with Crippen molar-refractivity contribution in [3.63, 3.8) is 0 Å². The van der Waals surface area contributed by atoms with E-state index in [1.54, 1.807) is 5.32 Å². The standard InChI is InChI=1S/C11H12F3N3O2/c12-11(13,14)6-17-9(18)8-3-1-7(2-4-8)5-16-10(15)19/h1-4H,5-6H2,(H,17,18)(H3,15,16,19). The normalized spacial score (nSPS) is 10.9. The zero-order chi connectivity index (χ0) is 14.5. The number of nitrogens with one attached hydrogen (secondary N) is 2. The van der Waals surface area contributed by atoms with E-state index < -0.39 is 24.7 Å². The van der Waals surface area contributed by atoms with Crippen molar-refractivity contribution in [2.45, 2.75) is 12.7 Å². The number of urea groups is 1. The second-order valence-electron chi connectivity index (χ2n) is 3.71. The number of hydrogen-bond acceptors (Lipinski definition) is 2. The highest BCUT2D eigenvalue weighted by atomic mass is 19.4. The number of carbonyl (C=O) groups excluding carboxylic acids is 2. The smallest absolute Gasteiger partial charge is 0.352 e. The molecule has 0 saturated heterocycles. The number of benzene rings is 1. The molecule has 1 rings (SSSR count). The quantitative estimate of drug-likeness (QED) is 0.770. The molecule has 0 spiro atoms. The first-order valence-corrected chi connectivity index (χ1v) is 5.25. The molecular formula is C11H12F3N3O2. The molecule has 0 aliphatic rings. The Bertz CT molecular complexity index is 457. The predicted octanol–water partition coefficient (Wildman–Crippen LogP) is 1.15. The minimum Gasteiger partial charge on any atom is -0.352 e. The molecule has 4 N–H and O–H groups in total. The fourth-order valence-corrected chi connectivity index (χ4v) is 1.25. The zero-order valence-corrected chi connectivity index (χ0v) is 9.75. The molecule has 0 aromatic heterocycles. The van der Waals surface area contributed by atoms with Crippen molar-refractivity contribution < 1.29 is 22.8 Å². The molecular weight excluding hydrogens is 263 g/mol. The zero-order valence-electron chi connectivity index (χ0n) is 9.75. The lowest BCUT2D eigenvalue weighted by molar-refractivity contribution is -0.123. The number of amides is 3. The molecule has 3 amide bonds. The van der Waals surface area contributed by atoms with Gasteiger partial charge >= 0.3 is 12.2 Å². The summed E-state index contributed by atoms with van der Waals surface area (Å²) in [7, 11) is 0. The maximum atomic E-state index is 11.9. The van der Waals surface area contributed by atoms with Gasteiger partial charge in [0, 0.05) is 12.1 Å². The van der Waals surface area contributed by atoms with Crippen molar-refractivity contribution in [2.75, 3.05) is 6.54 Å². The van der Waals surface area contributed by atoms with E-state index in [4.69, 9.17) is 5.73 Å². The minimum absolute atomic E-state index is 0.104. The summed E-state index contributed by atoms with van der Waals surface area (Å²) >= 11 is 0. The Balaban J connectivity index is 2.55. The molecule has 5 nitrogen and oxygen atoms in total. The van der Waals surface area contributed by atoms with Crippen LogP contribution in [0.25, 0.3) is 0 Å². The molecule has 0 bridgehead atoms. The number of halogens is 3. The Kier molecular flexibility index (Phi) is 4.74. The van der Waals surface area contributed by atoms with Gasteiger partial charge in [0.15, 0.2) is 0 Å². The highest BCUT2D eigenvalue weighted by Gasteiger charge is 2.27. The van der Waals surface area contributed by atoms with Crippen LogP contribution in [-0.2, 0) is 6.54 Å². The molecule has 19 heavy (non-hydrogen) atoms. The highest BCUT2D eigenvalue weighted by Crippen LogP contribution is 2.13. The largest absolute Gasteiger partial charge is 0.405 e. The fraction of sp³-hybridized carbons (Fsp3) is 0.273. The third-order valence-corrected chi connectivity index (χ3v) is 2.13. The van der Waals surface area contributed by atoms with Crippen molar-refractivity contribution >= 4 is 11.9 Å². The molecule has 0 atom stereocenters. The van der Waals surface area contributed by atoms with Crippen LogP contribution in [0.15, 0.2) is 24.3 Å². The summed E-state index contributed by atoms with van der Waals surface area (Å²) in [6.07, 6.45) is -4.44. The van der Waals surface area contributed by atoms with Crippen molar-refractivity contribution in [1.29, 1.82) is 0 Å². The number of primary amides is 1. The Morgan fingerprint density at radius 1 is 1.11 bits per heavy atom. The van der Waals surface area contributed by atoms with Gasteiger partial charge in [-0.1, -0.05) is 12.1 Å². The van der Waals surface area contributed by atoms with Gasteiger partial charge in [-0.3, -0.25) is 4.79 Å². The average molecular weight is 275 g/mol. The van der Waals surface area contributed by atoms with E-state index >= 15 is 0 Å². The van der Waals surface area contributed by atoms with Crippen molar-refractivity contribution in [1.82, 2.24) is 10.6 Å². The van der Waals surface area contributed by atoms with Crippen LogP contribution < -0.4 is 16.4 Å². The van der Waals surface area contributed by atoms with Crippen LogP contribution in [0.1, 0.15) is 15.9 Å². The Labute approximate surface area is 107 Å². The van der Waals surface area contributed by atoms with Crippen molar-refractivity contribution in [3.8, 4) is 0 Å². The number of carbonyl (C=O) groups is 2. The number of hydrogen-bond donors (Lipinski definition) is 3. The summed E-state index contributed by atoms with van der Waals surface area (Å²) in [5.41, 5.74) is 5.65. The Morgan fingerprint density at radius 2 is 1.68 bits per heavy atom. The van der Waals surface area contributed by atoms with Gasteiger partial charge in [-0.2, -0.15) is 13.2 Å². The first-order valence-electron chi connectivity index (χ1n) is 5.25. The topological polar surface area (TPSA) is 84.2 Å². The second-order valence-corrected chi connectivity index (χ2v) is 3.71. The van der Waals surface area contributed by atoms with Gasteiger partial charge in [-0.05, 0) is 17.7 Å². The lowest BCUT2D eigenvalue weighted by atomic mass is 10.1. The van der Waals surface area contributed by atoms with Crippen molar-refractivity contribution in [3.05, 3.63) is 35.4 Å². The van der Waals surface area contributed by atoms with Gasteiger partial charge in [0.2, 0.25) is 0 Å². The molecule has 0 unspecified atom stereocenters. The number of alkyl halides is 3. The molecule has 0 heterocycles. The van der Waals surface area contributed by atoms with Crippen LogP contribution in [0.2, 0.25) is 0 Å².